The SMILES string of the molecule is COC(=O)C1CC(C)Nc2ncc(C(O)O)cc2N1. The fourth-order valence-electron chi connectivity index (χ4n) is 2.04. The van der Waals surface area contributed by atoms with Crippen LogP contribution in [0.5, 0.6) is 0 Å². The van der Waals surface area contributed by atoms with E-state index in [1.165, 1.54) is 13.3 Å². The number of pyridine rings is 1. The van der Waals surface area contributed by atoms with E-state index >= 15 is 0 Å². The van der Waals surface area contributed by atoms with E-state index in [0.29, 0.717) is 17.9 Å². The van der Waals surface area contributed by atoms with Crippen molar-refractivity contribution >= 4 is 17.5 Å². The summed E-state index contributed by atoms with van der Waals surface area (Å²) in [5.74, 6) is 0.208. The summed E-state index contributed by atoms with van der Waals surface area (Å²) in [5, 5.41) is 24.5. The van der Waals surface area contributed by atoms with E-state index in [-0.39, 0.29) is 17.6 Å². The third-order valence-corrected chi connectivity index (χ3v) is 2.99. The van der Waals surface area contributed by atoms with E-state index in [2.05, 4.69) is 15.6 Å². The van der Waals surface area contributed by atoms with Gasteiger partial charge in [0, 0.05) is 17.8 Å². The van der Waals surface area contributed by atoms with Crippen LogP contribution >= 0.6 is 0 Å². The van der Waals surface area contributed by atoms with Gasteiger partial charge in [-0.15, -0.1) is 0 Å². The molecule has 0 aliphatic carbocycles. The molecule has 0 fully saturated rings. The third-order valence-electron chi connectivity index (χ3n) is 2.99. The Hall–Kier alpha value is -1.86. The van der Waals surface area contributed by atoms with Crippen LogP contribution in [-0.2, 0) is 9.53 Å². The zero-order valence-electron chi connectivity index (χ0n) is 10.8. The van der Waals surface area contributed by atoms with Gasteiger partial charge in [0.15, 0.2) is 6.29 Å². The monoisotopic (exact) mass is 267 g/mol. The zero-order valence-corrected chi connectivity index (χ0v) is 10.8. The molecule has 104 valence electrons. The first kappa shape index (κ1) is 13.6. The summed E-state index contributed by atoms with van der Waals surface area (Å²) in [5.41, 5.74) is 0.802. The Morgan fingerprint density at radius 3 is 2.89 bits per heavy atom. The van der Waals surface area contributed by atoms with Crippen molar-refractivity contribution in [2.24, 2.45) is 0 Å². The van der Waals surface area contributed by atoms with Crippen molar-refractivity contribution in [1.29, 1.82) is 0 Å². The first-order valence-corrected chi connectivity index (χ1v) is 5.98. The highest BCUT2D eigenvalue weighted by Crippen LogP contribution is 2.28. The summed E-state index contributed by atoms with van der Waals surface area (Å²) < 4.78 is 4.74. The van der Waals surface area contributed by atoms with Crippen LogP contribution in [0, 0.1) is 0 Å². The number of carbonyl (C=O) groups excluding carboxylic acids is 1. The lowest BCUT2D eigenvalue weighted by Crippen LogP contribution is -2.33. The van der Waals surface area contributed by atoms with E-state index in [4.69, 9.17) is 14.9 Å². The first-order chi connectivity index (χ1) is 9.01. The van der Waals surface area contributed by atoms with E-state index < -0.39 is 12.3 Å². The first-order valence-electron chi connectivity index (χ1n) is 5.98. The van der Waals surface area contributed by atoms with Crippen molar-refractivity contribution < 1.29 is 19.7 Å². The molecule has 4 N–H and O–H groups in total. The lowest BCUT2D eigenvalue weighted by Gasteiger charge is -2.16. The topological polar surface area (TPSA) is 104 Å². The highest BCUT2D eigenvalue weighted by Gasteiger charge is 2.27. The predicted octanol–water partition coefficient (Wildman–Crippen LogP) is 0.222. The minimum absolute atomic E-state index is 0.0373. The van der Waals surface area contributed by atoms with E-state index in [9.17, 15) is 4.79 Å². The molecule has 0 aromatic carbocycles. The molecule has 1 aliphatic heterocycles. The van der Waals surface area contributed by atoms with Gasteiger partial charge in [0.05, 0.1) is 12.8 Å². The van der Waals surface area contributed by atoms with Crippen molar-refractivity contribution in [3.05, 3.63) is 17.8 Å². The number of nitrogens with zero attached hydrogens (tertiary/aromatic N) is 1. The summed E-state index contributed by atoms with van der Waals surface area (Å²) in [6.45, 7) is 1.93. The Morgan fingerprint density at radius 2 is 2.26 bits per heavy atom. The standard InChI is InChI=1S/C12H17N3O4/c1-6-3-9(12(18)19-2)15-8-4-7(11(16)17)5-13-10(8)14-6/h4-6,9,11,15-17H,3H2,1-2H3,(H,13,14). The van der Waals surface area contributed by atoms with Gasteiger partial charge in [-0.2, -0.15) is 0 Å². The predicted molar refractivity (Wildman–Crippen MR) is 68.5 cm³/mol. The molecular formula is C12H17N3O4. The maximum atomic E-state index is 11.7. The molecule has 19 heavy (non-hydrogen) atoms. The molecule has 0 saturated carbocycles. The highest BCUT2D eigenvalue weighted by atomic mass is 16.5. The number of anilines is 2. The molecule has 7 heteroatoms. The van der Waals surface area contributed by atoms with Gasteiger partial charge >= 0.3 is 5.97 Å². The molecular weight excluding hydrogens is 250 g/mol. The van der Waals surface area contributed by atoms with Gasteiger partial charge in [-0.1, -0.05) is 0 Å². The number of esters is 1. The lowest BCUT2D eigenvalue weighted by atomic mass is 10.1. The second kappa shape index (κ2) is 5.41. The van der Waals surface area contributed by atoms with Crippen LogP contribution in [0.4, 0.5) is 11.5 Å². The zero-order chi connectivity index (χ0) is 14.0. The molecule has 1 aromatic heterocycles. The van der Waals surface area contributed by atoms with Gasteiger partial charge in [-0.05, 0) is 19.4 Å². The fraction of sp³-hybridized carbons (Fsp3) is 0.500. The molecule has 2 heterocycles. The normalized spacial score (nSPS) is 21.9. The van der Waals surface area contributed by atoms with Crippen LogP contribution in [0.2, 0.25) is 0 Å². The summed E-state index contributed by atoms with van der Waals surface area (Å²) in [4.78, 5) is 15.8. The maximum absolute atomic E-state index is 11.7. The van der Waals surface area contributed by atoms with Gasteiger partial charge < -0.3 is 25.6 Å². The van der Waals surface area contributed by atoms with Crippen LogP contribution < -0.4 is 10.6 Å². The number of methoxy groups -OCH3 is 1. The molecule has 7 nitrogen and oxygen atoms in total. The quantitative estimate of drug-likeness (QED) is 0.449. The molecule has 1 aliphatic rings. The molecule has 0 radical (unpaired) electrons. The van der Waals surface area contributed by atoms with Gasteiger partial charge in [0.2, 0.25) is 0 Å². The van der Waals surface area contributed by atoms with Crippen molar-refractivity contribution in [2.75, 3.05) is 17.7 Å². The molecule has 2 unspecified atom stereocenters. The molecule has 0 saturated heterocycles. The minimum Gasteiger partial charge on any atom is -0.467 e. The van der Waals surface area contributed by atoms with E-state index in [1.807, 2.05) is 6.92 Å². The average Bonchev–Trinajstić information content (AvgIpc) is 2.54. The van der Waals surface area contributed by atoms with Gasteiger partial charge in [-0.3, -0.25) is 0 Å². The number of hydrogen-bond acceptors (Lipinski definition) is 7. The number of rotatable bonds is 2. The van der Waals surface area contributed by atoms with Crippen LogP contribution in [0.1, 0.15) is 25.2 Å². The fourth-order valence-corrected chi connectivity index (χ4v) is 2.04. The average molecular weight is 267 g/mol. The van der Waals surface area contributed by atoms with Crippen LogP contribution in [-0.4, -0.2) is 40.4 Å². The molecule has 0 amide bonds. The number of aliphatic hydroxyl groups is 2. The highest BCUT2D eigenvalue weighted by molar-refractivity contribution is 5.82. The second-order valence-corrected chi connectivity index (χ2v) is 4.54. The Labute approximate surface area is 110 Å². The summed E-state index contributed by atoms with van der Waals surface area (Å²) >= 11 is 0. The summed E-state index contributed by atoms with van der Waals surface area (Å²) in [6, 6.07) is 1.09. The Kier molecular flexibility index (Phi) is 3.87. The second-order valence-electron chi connectivity index (χ2n) is 4.54. The van der Waals surface area contributed by atoms with Crippen LogP contribution in [0.3, 0.4) is 0 Å². The number of hydrogen-bond donors (Lipinski definition) is 4. The third kappa shape index (κ3) is 2.94. The van der Waals surface area contributed by atoms with Crippen LogP contribution in [0.25, 0.3) is 0 Å². The Balaban J connectivity index is 2.33. The molecule has 2 rings (SSSR count). The maximum Gasteiger partial charge on any atom is 0.328 e. The summed E-state index contributed by atoms with van der Waals surface area (Å²) in [7, 11) is 1.33. The molecule has 0 spiro atoms. The molecule has 2 atom stereocenters. The van der Waals surface area contributed by atoms with Crippen molar-refractivity contribution in [3.63, 3.8) is 0 Å². The Bertz CT molecular complexity index is 478. The van der Waals surface area contributed by atoms with Crippen molar-refractivity contribution in [2.45, 2.75) is 31.7 Å². The molecule has 1 aromatic rings. The Morgan fingerprint density at radius 1 is 1.53 bits per heavy atom. The number of aliphatic hydroxyl groups excluding tert-OH is 1. The van der Waals surface area contributed by atoms with E-state index in [1.54, 1.807) is 6.07 Å². The number of ether oxygens (including phenoxy) is 1. The number of nitrogens with one attached hydrogen (secondary N) is 2. The number of fused-ring (bicyclic) bond motifs is 1. The van der Waals surface area contributed by atoms with Gasteiger partial charge in [-0.25, -0.2) is 9.78 Å². The van der Waals surface area contributed by atoms with E-state index in [0.717, 1.165) is 0 Å². The smallest absolute Gasteiger partial charge is 0.328 e. The largest absolute Gasteiger partial charge is 0.467 e. The van der Waals surface area contributed by atoms with Crippen molar-refractivity contribution in [3.8, 4) is 0 Å². The summed E-state index contributed by atoms with van der Waals surface area (Å²) in [6.07, 6.45) is 0.320. The number of aromatic nitrogens is 1. The van der Waals surface area contributed by atoms with Gasteiger partial charge in [0.1, 0.15) is 11.9 Å². The lowest BCUT2D eigenvalue weighted by molar-refractivity contribution is -0.141. The molecule has 0 bridgehead atoms. The van der Waals surface area contributed by atoms with Crippen molar-refractivity contribution in [1.82, 2.24) is 4.98 Å². The van der Waals surface area contributed by atoms with Crippen LogP contribution in [0.15, 0.2) is 12.3 Å². The number of carbonyl (C=O) groups is 1. The van der Waals surface area contributed by atoms with Gasteiger partial charge in [0.25, 0.3) is 0 Å². The minimum atomic E-state index is -1.60.